The number of rotatable bonds is 4. The Bertz CT molecular complexity index is 852. The fourth-order valence-corrected chi connectivity index (χ4v) is 4.08. The molecular formula is C21H28N6O. The Labute approximate surface area is 166 Å². The van der Waals surface area contributed by atoms with Crippen LogP contribution in [0.15, 0.2) is 52.7 Å². The first-order valence-electron chi connectivity index (χ1n) is 9.78. The summed E-state index contributed by atoms with van der Waals surface area (Å²) in [6.45, 7) is 2.21. The minimum atomic E-state index is -0.191. The number of aliphatic hydroxyl groups is 1. The number of anilines is 4. The molecule has 1 fully saturated rings. The van der Waals surface area contributed by atoms with Gasteiger partial charge in [-0.3, -0.25) is 0 Å². The molecule has 1 saturated heterocycles. The summed E-state index contributed by atoms with van der Waals surface area (Å²) >= 11 is 0. The van der Waals surface area contributed by atoms with Crippen molar-refractivity contribution in [2.24, 2.45) is 16.1 Å². The molecule has 2 atom stereocenters. The van der Waals surface area contributed by atoms with Crippen LogP contribution < -0.4 is 20.4 Å². The second-order valence-corrected chi connectivity index (χ2v) is 7.69. The first kappa shape index (κ1) is 18.6. The number of hydrogen-bond acceptors (Lipinski definition) is 7. The van der Waals surface area contributed by atoms with Crippen LogP contribution in [-0.2, 0) is 0 Å². The quantitative estimate of drug-likeness (QED) is 0.627. The number of nitrogens with zero attached hydrogens (tertiary/aromatic N) is 5. The lowest BCUT2D eigenvalue weighted by molar-refractivity contribution is 0.209. The summed E-state index contributed by atoms with van der Waals surface area (Å²) < 4.78 is 0. The van der Waals surface area contributed by atoms with E-state index in [0.717, 1.165) is 48.7 Å². The summed E-state index contributed by atoms with van der Waals surface area (Å²) in [6.07, 6.45) is 2.04. The van der Waals surface area contributed by atoms with E-state index in [4.69, 9.17) is 5.73 Å². The number of nitrogens with two attached hydrogens (primary N) is 1. The standard InChI is InChI=1S/C21H28N6O/c1-25-19-10-5-16(22)12-20(19)26(2)21(25)24-23-17-6-8-18(9-7-17)27-11-3-4-15(13-27)14-28/h5-10,12,15,21,28H,3-4,11,13-14,22H2,1-2H3. The van der Waals surface area contributed by atoms with E-state index < -0.39 is 0 Å². The average molecular weight is 380 g/mol. The molecule has 2 aromatic rings. The third kappa shape index (κ3) is 3.49. The molecular weight excluding hydrogens is 352 g/mol. The summed E-state index contributed by atoms with van der Waals surface area (Å²) in [5.74, 6) is 0.372. The first-order chi connectivity index (χ1) is 13.6. The van der Waals surface area contributed by atoms with Gasteiger partial charge in [0.05, 0.1) is 17.1 Å². The second kappa shape index (κ2) is 7.67. The number of piperidine rings is 1. The van der Waals surface area contributed by atoms with Crippen molar-refractivity contribution < 1.29 is 5.11 Å². The van der Waals surface area contributed by atoms with E-state index in [9.17, 15) is 5.11 Å². The smallest absolute Gasteiger partial charge is 0.218 e. The summed E-state index contributed by atoms with van der Waals surface area (Å²) in [7, 11) is 4.02. The highest BCUT2D eigenvalue weighted by Crippen LogP contribution is 2.39. The van der Waals surface area contributed by atoms with Crippen molar-refractivity contribution in [3.8, 4) is 0 Å². The number of azo groups is 1. The van der Waals surface area contributed by atoms with Gasteiger partial charge < -0.3 is 25.5 Å². The van der Waals surface area contributed by atoms with Crippen LogP contribution in [0.25, 0.3) is 0 Å². The molecule has 2 unspecified atom stereocenters. The average Bonchev–Trinajstić information content (AvgIpc) is 2.96. The van der Waals surface area contributed by atoms with Gasteiger partial charge in [-0.1, -0.05) is 0 Å². The topological polar surface area (TPSA) is 80.7 Å². The second-order valence-electron chi connectivity index (χ2n) is 7.69. The van der Waals surface area contributed by atoms with E-state index in [-0.39, 0.29) is 12.9 Å². The normalized spacial score (nSPS) is 22.2. The number of nitrogen functional groups attached to an aromatic ring is 1. The van der Waals surface area contributed by atoms with Crippen LogP contribution >= 0.6 is 0 Å². The van der Waals surface area contributed by atoms with E-state index in [2.05, 4.69) is 37.1 Å². The maximum absolute atomic E-state index is 9.43. The minimum Gasteiger partial charge on any atom is -0.399 e. The lowest BCUT2D eigenvalue weighted by Crippen LogP contribution is -2.36. The number of benzene rings is 2. The summed E-state index contributed by atoms with van der Waals surface area (Å²) in [6, 6.07) is 14.1. The largest absolute Gasteiger partial charge is 0.399 e. The molecule has 0 radical (unpaired) electrons. The van der Waals surface area contributed by atoms with Crippen molar-refractivity contribution in [2.75, 3.05) is 54.2 Å². The van der Waals surface area contributed by atoms with Gasteiger partial charge in [0, 0.05) is 45.2 Å². The first-order valence-corrected chi connectivity index (χ1v) is 9.78. The minimum absolute atomic E-state index is 0.191. The number of hydrogen-bond donors (Lipinski definition) is 2. The Morgan fingerprint density at radius 3 is 2.57 bits per heavy atom. The molecule has 3 N–H and O–H groups in total. The van der Waals surface area contributed by atoms with Crippen LogP contribution in [0.1, 0.15) is 12.8 Å². The molecule has 2 aliphatic heterocycles. The van der Waals surface area contributed by atoms with Gasteiger partial charge in [-0.25, -0.2) is 0 Å². The predicted octanol–water partition coefficient (Wildman–Crippen LogP) is 3.43. The molecule has 28 heavy (non-hydrogen) atoms. The third-order valence-electron chi connectivity index (χ3n) is 5.72. The molecule has 0 bridgehead atoms. The molecule has 4 rings (SSSR count). The zero-order chi connectivity index (χ0) is 19.7. The maximum Gasteiger partial charge on any atom is 0.218 e. The zero-order valence-electron chi connectivity index (χ0n) is 16.5. The molecule has 0 amide bonds. The molecule has 0 saturated carbocycles. The molecule has 2 heterocycles. The summed E-state index contributed by atoms with van der Waals surface area (Å²) in [5, 5.41) is 18.4. The van der Waals surface area contributed by atoms with Crippen molar-refractivity contribution in [1.82, 2.24) is 0 Å². The van der Waals surface area contributed by atoms with Crippen LogP contribution in [0, 0.1) is 5.92 Å². The van der Waals surface area contributed by atoms with E-state index in [1.54, 1.807) is 0 Å². The maximum atomic E-state index is 9.43. The highest BCUT2D eigenvalue weighted by atomic mass is 16.3. The van der Waals surface area contributed by atoms with Gasteiger partial charge in [-0.15, -0.1) is 5.11 Å². The molecule has 2 aliphatic rings. The highest BCUT2D eigenvalue weighted by Gasteiger charge is 2.31. The number of fused-ring (bicyclic) bond motifs is 1. The summed E-state index contributed by atoms with van der Waals surface area (Å²) in [5.41, 5.74) is 10.8. The fraction of sp³-hybridized carbons (Fsp3) is 0.429. The fourth-order valence-electron chi connectivity index (χ4n) is 4.08. The van der Waals surface area contributed by atoms with Gasteiger partial charge in [-0.05, 0) is 61.2 Å². The predicted molar refractivity (Wildman–Crippen MR) is 114 cm³/mol. The van der Waals surface area contributed by atoms with Gasteiger partial charge in [0.25, 0.3) is 0 Å². The molecule has 7 nitrogen and oxygen atoms in total. The van der Waals surface area contributed by atoms with Crippen molar-refractivity contribution in [3.63, 3.8) is 0 Å². The van der Waals surface area contributed by atoms with Crippen LogP contribution in [0.2, 0.25) is 0 Å². The molecule has 0 aromatic heterocycles. The van der Waals surface area contributed by atoms with E-state index in [1.807, 2.05) is 44.4 Å². The molecule has 7 heteroatoms. The zero-order valence-corrected chi connectivity index (χ0v) is 16.5. The highest BCUT2D eigenvalue weighted by molar-refractivity contribution is 5.79. The van der Waals surface area contributed by atoms with Gasteiger partial charge in [0.2, 0.25) is 6.29 Å². The Morgan fingerprint density at radius 2 is 1.82 bits per heavy atom. The molecule has 2 aromatic carbocycles. The van der Waals surface area contributed by atoms with Crippen molar-refractivity contribution in [3.05, 3.63) is 42.5 Å². The Kier molecular flexibility index (Phi) is 5.09. The monoisotopic (exact) mass is 380 g/mol. The van der Waals surface area contributed by atoms with Gasteiger partial charge in [-0.2, -0.15) is 5.11 Å². The lowest BCUT2D eigenvalue weighted by Gasteiger charge is -2.33. The van der Waals surface area contributed by atoms with Crippen LogP contribution in [0.3, 0.4) is 0 Å². The van der Waals surface area contributed by atoms with Gasteiger partial charge >= 0.3 is 0 Å². The molecule has 0 aliphatic carbocycles. The van der Waals surface area contributed by atoms with Crippen LogP contribution in [0.4, 0.5) is 28.4 Å². The lowest BCUT2D eigenvalue weighted by atomic mass is 9.98. The van der Waals surface area contributed by atoms with Gasteiger partial charge in [0.15, 0.2) is 0 Å². The SMILES string of the molecule is CN1c2ccc(N)cc2N(C)C1N=Nc1ccc(N2CCCC(CO)C2)cc1. The van der Waals surface area contributed by atoms with E-state index in [0.29, 0.717) is 5.92 Å². The third-order valence-corrected chi connectivity index (χ3v) is 5.72. The molecule has 148 valence electrons. The van der Waals surface area contributed by atoms with E-state index in [1.165, 1.54) is 5.69 Å². The van der Waals surface area contributed by atoms with Crippen LogP contribution in [0.5, 0.6) is 0 Å². The van der Waals surface area contributed by atoms with Crippen LogP contribution in [-0.4, -0.2) is 45.2 Å². The Balaban J connectivity index is 1.45. The Morgan fingerprint density at radius 1 is 1.07 bits per heavy atom. The van der Waals surface area contributed by atoms with Crippen molar-refractivity contribution in [1.29, 1.82) is 0 Å². The van der Waals surface area contributed by atoms with Gasteiger partial charge in [0.1, 0.15) is 0 Å². The van der Waals surface area contributed by atoms with Crippen molar-refractivity contribution >= 4 is 28.4 Å². The summed E-state index contributed by atoms with van der Waals surface area (Å²) in [4.78, 5) is 6.51. The Hall–Kier alpha value is -2.80. The number of aliphatic hydroxyl groups excluding tert-OH is 1. The molecule has 0 spiro atoms. The van der Waals surface area contributed by atoms with Crippen molar-refractivity contribution in [2.45, 2.75) is 19.1 Å². The van der Waals surface area contributed by atoms with E-state index >= 15 is 0 Å².